The third kappa shape index (κ3) is 7.41. The molecule has 0 bridgehead atoms. The molecular weight excluding hydrogens is 612 g/mol. The van der Waals surface area contributed by atoms with E-state index in [0.29, 0.717) is 30.9 Å². The first-order valence-electron chi connectivity index (χ1n) is 15.3. The summed E-state index contributed by atoms with van der Waals surface area (Å²) in [5.41, 5.74) is -0.622. The van der Waals surface area contributed by atoms with Gasteiger partial charge in [0.1, 0.15) is 28.6 Å². The van der Waals surface area contributed by atoms with Crippen molar-refractivity contribution in [3.8, 4) is 17.1 Å². The van der Waals surface area contributed by atoms with Crippen LogP contribution in [-0.4, -0.2) is 94.7 Å². The molecule has 0 unspecified atom stereocenters. The Morgan fingerprint density at radius 1 is 1.02 bits per heavy atom. The molecule has 2 fully saturated rings. The SMILES string of the molecule is CCN(CC)C1CCN(c2ccc(-n3cc(-c4nc(NC5CCN(S(C)(=O)=O)CC5)ncc4C(F)(F)F)nc3C)c(F)c2)CC1. The Morgan fingerprint density at radius 2 is 1.69 bits per heavy atom. The first-order valence-corrected chi connectivity index (χ1v) is 17.1. The average molecular weight is 653 g/mol. The zero-order valence-electron chi connectivity index (χ0n) is 26.0. The van der Waals surface area contributed by atoms with Crippen LogP contribution < -0.4 is 10.2 Å². The Balaban J connectivity index is 1.36. The van der Waals surface area contributed by atoms with Crippen molar-refractivity contribution in [1.29, 1.82) is 0 Å². The van der Waals surface area contributed by atoms with Gasteiger partial charge in [-0.05, 0) is 63.9 Å². The van der Waals surface area contributed by atoms with Gasteiger partial charge in [0.2, 0.25) is 16.0 Å². The number of hydrogen-bond acceptors (Lipinski definition) is 8. The van der Waals surface area contributed by atoms with E-state index in [4.69, 9.17) is 0 Å². The van der Waals surface area contributed by atoms with E-state index in [0.717, 1.165) is 51.0 Å². The molecule has 2 aromatic heterocycles. The van der Waals surface area contributed by atoms with Gasteiger partial charge in [0, 0.05) is 56.3 Å². The highest BCUT2D eigenvalue weighted by atomic mass is 32.2. The molecule has 0 saturated carbocycles. The van der Waals surface area contributed by atoms with Crippen molar-refractivity contribution in [2.45, 2.75) is 64.7 Å². The Labute approximate surface area is 261 Å². The van der Waals surface area contributed by atoms with Crippen molar-refractivity contribution in [1.82, 2.24) is 28.7 Å². The standard InChI is InChI=1S/C30H40F4N8O2S/c1-5-39(6-2)22-11-13-40(14-12-22)23-7-8-27(25(31)17-23)42-19-26(36-20(42)3)28-24(30(32,33)34)18-35-29(38-28)37-21-9-15-41(16-10-21)45(4,43)44/h7-8,17-19,21-22H,5-6,9-16H2,1-4H3,(H,35,37,38). The van der Waals surface area contributed by atoms with Crippen LogP contribution in [0, 0.1) is 12.7 Å². The molecule has 1 N–H and O–H groups in total. The third-order valence-corrected chi connectivity index (χ3v) is 10.1. The van der Waals surface area contributed by atoms with Crippen LogP contribution in [0.1, 0.15) is 50.9 Å². The first-order chi connectivity index (χ1) is 21.3. The second kappa shape index (κ2) is 13.2. The molecule has 2 aliphatic heterocycles. The van der Waals surface area contributed by atoms with Gasteiger partial charge in [0.25, 0.3) is 0 Å². The average Bonchev–Trinajstić information content (AvgIpc) is 3.38. The molecule has 0 aliphatic carbocycles. The van der Waals surface area contributed by atoms with Crippen molar-refractivity contribution >= 4 is 21.7 Å². The van der Waals surface area contributed by atoms with Gasteiger partial charge in [-0.25, -0.2) is 32.1 Å². The van der Waals surface area contributed by atoms with Crippen molar-refractivity contribution in [3.63, 3.8) is 0 Å². The number of benzene rings is 1. The predicted molar refractivity (Wildman–Crippen MR) is 166 cm³/mol. The largest absolute Gasteiger partial charge is 0.420 e. The molecule has 0 atom stereocenters. The summed E-state index contributed by atoms with van der Waals surface area (Å²) < 4.78 is 84.1. The van der Waals surface area contributed by atoms with Gasteiger partial charge >= 0.3 is 6.18 Å². The van der Waals surface area contributed by atoms with Crippen LogP contribution in [0.5, 0.6) is 0 Å². The Hall–Kier alpha value is -3.30. The van der Waals surface area contributed by atoms with Crippen LogP contribution in [0.2, 0.25) is 0 Å². The van der Waals surface area contributed by atoms with E-state index in [-0.39, 0.29) is 36.5 Å². The molecule has 0 radical (unpaired) electrons. The molecule has 0 amide bonds. The monoisotopic (exact) mass is 652 g/mol. The molecule has 4 heterocycles. The van der Waals surface area contributed by atoms with Crippen molar-refractivity contribution in [2.24, 2.45) is 0 Å². The van der Waals surface area contributed by atoms with Crippen LogP contribution in [0.15, 0.2) is 30.6 Å². The molecule has 15 heteroatoms. The summed E-state index contributed by atoms with van der Waals surface area (Å²) in [4.78, 5) is 17.0. The molecule has 2 aliphatic rings. The van der Waals surface area contributed by atoms with Gasteiger partial charge in [-0.1, -0.05) is 13.8 Å². The van der Waals surface area contributed by atoms with Crippen LogP contribution in [0.3, 0.4) is 0 Å². The van der Waals surface area contributed by atoms with Crippen LogP contribution in [-0.2, 0) is 16.2 Å². The van der Waals surface area contributed by atoms with Gasteiger partial charge in [-0.2, -0.15) is 13.2 Å². The molecule has 45 heavy (non-hydrogen) atoms. The number of anilines is 2. The molecule has 10 nitrogen and oxygen atoms in total. The van der Waals surface area contributed by atoms with Crippen molar-refractivity contribution in [2.75, 3.05) is 55.7 Å². The summed E-state index contributed by atoms with van der Waals surface area (Å²) in [6, 6.07) is 5.22. The summed E-state index contributed by atoms with van der Waals surface area (Å²) in [6.07, 6.45) is 1.34. The van der Waals surface area contributed by atoms with Gasteiger partial charge in [0.05, 0.1) is 11.9 Å². The number of imidazole rings is 1. The van der Waals surface area contributed by atoms with Gasteiger partial charge < -0.3 is 19.7 Å². The van der Waals surface area contributed by atoms with E-state index in [2.05, 4.69) is 43.9 Å². The number of sulfonamides is 1. The summed E-state index contributed by atoms with van der Waals surface area (Å²) in [6.45, 7) is 10.1. The first kappa shape index (κ1) is 33.1. The summed E-state index contributed by atoms with van der Waals surface area (Å²) >= 11 is 0. The maximum atomic E-state index is 15.6. The van der Waals surface area contributed by atoms with Crippen LogP contribution >= 0.6 is 0 Å². The fraction of sp³-hybridized carbons (Fsp3) is 0.567. The van der Waals surface area contributed by atoms with Gasteiger partial charge in [-0.15, -0.1) is 0 Å². The number of hydrogen-bond donors (Lipinski definition) is 1. The van der Waals surface area contributed by atoms with Crippen LogP contribution in [0.25, 0.3) is 17.1 Å². The van der Waals surface area contributed by atoms with Gasteiger partial charge in [0.15, 0.2) is 0 Å². The van der Waals surface area contributed by atoms with E-state index in [1.807, 2.05) is 6.07 Å². The zero-order chi connectivity index (χ0) is 32.5. The number of piperidine rings is 2. The Bertz CT molecular complexity index is 1590. The van der Waals surface area contributed by atoms with E-state index >= 15 is 4.39 Å². The zero-order valence-corrected chi connectivity index (χ0v) is 26.8. The number of halogens is 4. The maximum Gasteiger partial charge on any atom is 0.420 e. The second-order valence-electron chi connectivity index (χ2n) is 11.7. The molecule has 1 aromatic carbocycles. The molecule has 0 spiro atoms. The minimum atomic E-state index is -4.75. The molecule has 2 saturated heterocycles. The third-order valence-electron chi connectivity index (χ3n) is 8.82. The minimum Gasteiger partial charge on any atom is -0.371 e. The highest BCUT2D eigenvalue weighted by Gasteiger charge is 2.37. The highest BCUT2D eigenvalue weighted by molar-refractivity contribution is 7.88. The van der Waals surface area contributed by atoms with E-state index < -0.39 is 33.3 Å². The number of nitrogens with zero attached hydrogens (tertiary/aromatic N) is 7. The molecule has 246 valence electrons. The number of rotatable bonds is 9. The lowest BCUT2D eigenvalue weighted by Gasteiger charge is -2.38. The molecule has 3 aromatic rings. The quantitative estimate of drug-likeness (QED) is 0.325. The highest BCUT2D eigenvalue weighted by Crippen LogP contribution is 2.37. The van der Waals surface area contributed by atoms with E-state index in [1.165, 1.54) is 21.1 Å². The predicted octanol–water partition coefficient (Wildman–Crippen LogP) is 4.94. The topological polar surface area (TPSA) is 99.5 Å². The number of aromatic nitrogens is 4. The number of alkyl halides is 3. The molecular formula is C30H40F4N8O2S. The maximum absolute atomic E-state index is 15.6. The fourth-order valence-electron chi connectivity index (χ4n) is 6.32. The van der Waals surface area contributed by atoms with E-state index in [1.54, 1.807) is 13.0 Å². The minimum absolute atomic E-state index is 0.0247. The Morgan fingerprint density at radius 3 is 2.27 bits per heavy atom. The molecule has 5 rings (SSSR count). The normalized spacial score (nSPS) is 17.8. The van der Waals surface area contributed by atoms with Gasteiger partial charge in [-0.3, -0.25) is 0 Å². The van der Waals surface area contributed by atoms with E-state index in [9.17, 15) is 21.6 Å². The summed E-state index contributed by atoms with van der Waals surface area (Å²) in [5.74, 6) is -0.235. The summed E-state index contributed by atoms with van der Waals surface area (Å²) in [7, 11) is -3.32. The number of aryl methyl sites for hydroxylation is 1. The fourth-order valence-corrected chi connectivity index (χ4v) is 7.19. The van der Waals surface area contributed by atoms with Crippen molar-refractivity contribution in [3.05, 3.63) is 47.8 Å². The lowest BCUT2D eigenvalue weighted by molar-refractivity contribution is -0.137. The lowest BCUT2D eigenvalue weighted by Crippen LogP contribution is -2.44. The summed E-state index contributed by atoms with van der Waals surface area (Å²) in [5, 5.41) is 3.04. The Kier molecular flexibility index (Phi) is 9.70. The second-order valence-corrected chi connectivity index (χ2v) is 13.6. The van der Waals surface area contributed by atoms with Crippen molar-refractivity contribution < 1.29 is 26.0 Å². The smallest absolute Gasteiger partial charge is 0.371 e. The lowest BCUT2D eigenvalue weighted by atomic mass is 10.0. The van der Waals surface area contributed by atoms with Crippen LogP contribution in [0.4, 0.5) is 29.2 Å². The number of nitrogens with one attached hydrogen (secondary N) is 1.